The van der Waals surface area contributed by atoms with Gasteiger partial charge < -0.3 is 60.7 Å². The highest BCUT2D eigenvalue weighted by Gasteiger charge is 2.46. The molecule has 0 aromatic heterocycles. The second-order valence-electron chi connectivity index (χ2n) is 26.2. The van der Waals surface area contributed by atoms with E-state index in [-0.39, 0.29) is 55.8 Å². The summed E-state index contributed by atoms with van der Waals surface area (Å²) >= 11 is 0. The van der Waals surface area contributed by atoms with Crippen molar-refractivity contribution < 1.29 is 57.8 Å². The van der Waals surface area contributed by atoms with E-state index in [4.69, 9.17) is 0 Å². The summed E-state index contributed by atoms with van der Waals surface area (Å²) in [6.45, 7) is 29.5. The van der Waals surface area contributed by atoms with Crippen molar-refractivity contribution in [2.75, 3.05) is 55.9 Å². The van der Waals surface area contributed by atoms with Crippen LogP contribution >= 0.6 is 0 Å². The lowest BCUT2D eigenvalue weighted by Crippen LogP contribution is -2.63. The second kappa shape index (κ2) is 35.6. The molecule has 1 aliphatic rings. The fourth-order valence-corrected chi connectivity index (χ4v) is 10.8. The maximum atomic E-state index is 15.3. The van der Waals surface area contributed by atoms with Crippen LogP contribution < -0.4 is 21.3 Å². The van der Waals surface area contributed by atoms with E-state index in [0.717, 1.165) is 9.80 Å². The van der Waals surface area contributed by atoms with Crippen LogP contribution in [0.1, 0.15) is 163 Å². The zero-order valence-corrected chi connectivity index (χ0v) is 56.8. The van der Waals surface area contributed by atoms with Crippen molar-refractivity contribution in [1.82, 2.24) is 55.6 Å². The van der Waals surface area contributed by atoms with Crippen LogP contribution in [0.15, 0.2) is 12.2 Å². The molecular formula is C63H113N11O12. The smallest absolute Gasteiger partial charge is 0.246 e. The van der Waals surface area contributed by atoms with Gasteiger partial charge in [-0.3, -0.25) is 52.7 Å². The van der Waals surface area contributed by atoms with Gasteiger partial charge in [0, 0.05) is 49.3 Å². The number of amides is 11. The minimum atomic E-state index is -1.61. The summed E-state index contributed by atoms with van der Waals surface area (Å²) in [6.07, 6.45) is 3.44. The number of hydrogen-bond acceptors (Lipinski definition) is 12. The lowest BCUT2D eigenvalue weighted by atomic mass is 9.90. The monoisotopic (exact) mass is 1220 g/mol. The number of nitrogens with one attached hydrogen (secondary N) is 4. The number of aliphatic hydroxyl groups is 1. The lowest BCUT2D eigenvalue weighted by Gasteiger charge is -2.42. The zero-order valence-electron chi connectivity index (χ0n) is 56.8. The molecule has 0 bridgehead atoms. The van der Waals surface area contributed by atoms with Crippen LogP contribution in [0.3, 0.4) is 0 Å². The topological polar surface area (TPSA) is 279 Å². The van der Waals surface area contributed by atoms with Gasteiger partial charge in [-0.25, -0.2) is 0 Å². The van der Waals surface area contributed by atoms with Gasteiger partial charge in [-0.15, -0.1) is 0 Å². The quantitative estimate of drug-likeness (QED) is 0.139. The van der Waals surface area contributed by atoms with E-state index >= 15 is 14.4 Å². The number of nitrogens with zero attached hydrogens (tertiary/aromatic N) is 7. The van der Waals surface area contributed by atoms with Crippen molar-refractivity contribution in [1.29, 1.82) is 0 Å². The molecule has 1 rings (SSSR count). The largest absolute Gasteiger partial charge is 0.390 e. The van der Waals surface area contributed by atoms with Gasteiger partial charge in [-0.1, -0.05) is 116 Å². The predicted octanol–water partition coefficient (Wildman–Crippen LogP) is 3.66. The number of aliphatic hydroxyl groups excluding tert-OH is 1. The molecule has 1 fully saturated rings. The molecule has 1 heterocycles. The number of allylic oxidation sites excluding steroid dienone is 2. The van der Waals surface area contributed by atoms with Crippen LogP contribution in [0.4, 0.5) is 0 Å². The Morgan fingerprint density at radius 2 is 0.895 bits per heavy atom. The van der Waals surface area contributed by atoms with Gasteiger partial charge >= 0.3 is 0 Å². The highest BCUT2D eigenvalue weighted by atomic mass is 16.3. The first kappa shape index (κ1) is 77.9. The molecule has 492 valence electrons. The number of rotatable bonds is 16. The summed E-state index contributed by atoms with van der Waals surface area (Å²) in [4.78, 5) is 169. The van der Waals surface area contributed by atoms with Gasteiger partial charge in [0.2, 0.25) is 65.0 Å². The molecule has 0 aromatic carbocycles. The molecule has 13 atom stereocenters. The van der Waals surface area contributed by atoms with Crippen LogP contribution in [-0.2, 0) is 52.7 Å². The third-order valence-electron chi connectivity index (χ3n) is 16.6. The molecule has 1 saturated heterocycles. The maximum Gasteiger partial charge on any atom is 0.246 e. The van der Waals surface area contributed by atoms with Gasteiger partial charge in [-0.05, 0) is 101 Å². The molecule has 0 unspecified atom stereocenters. The van der Waals surface area contributed by atoms with Crippen molar-refractivity contribution in [3.05, 3.63) is 12.2 Å². The summed E-state index contributed by atoms with van der Waals surface area (Å²) in [5.41, 5.74) is 0. The van der Waals surface area contributed by atoms with Crippen molar-refractivity contribution in [3.63, 3.8) is 0 Å². The summed E-state index contributed by atoms with van der Waals surface area (Å²) in [5.74, 6) is -9.61. The van der Waals surface area contributed by atoms with Crippen molar-refractivity contribution >= 4 is 65.0 Å². The third-order valence-corrected chi connectivity index (χ3v) is 16.6. The number of hydrogen-bond donors (Lipinski definition) is 5. The third kappa shape index (κ3) is 21.6. The Hall–Kier alpha value is -6.13. The first-order chi connectivity index (χ1) is 39.7. The van der Waals surface area contributed by atoms with Gasteiger partial charge in [-0.2, -0.15) is 0 Å². The second-order valence-corrected chi connectivity index (χ2v) is 26.2. The predicted molar refractivity (Wildman–Crippen MR) is 333 cm³/mol. The SMILES string of the molecule is C/C=C/C[C@@H](C)[C@@H](O)[C@H]1C(=O)N[C@@H](CC)C(=O)N(C)CC(=O)N(C)[C@H](CC(C)C)C(=O)N[C@H](C(C)C)C(=O)N(C)[C@H](CC(C)C)C(=O)N[C@@H](C)C(=O)N[C@H](C)C(=O)N(C)[C@@H](CC(C)C)C(=O)N(C)[C@@H](CC(C)C)C(=O)N(C)[C@@H]([C@@H](C)CC)C(=O)N1C. The number of carbonyl (C=O) groups excluding carboxylic acids is 11. The molecule has 0 saturated carbocycles. The first-order valence-electron chi connectivity index (χ1n) is 31.1. The molecule has 5 N–H and O–H groups in total. The Morgan fingerprint density at radius 3 is 1.35 bits per heavy atom. The Kier molecular flexibility index (Phi) is 32.3. The molecule has 23 nitrogen and oxygen atoms in total. The van der Waals surface area contributed by atoms with Gasteiger partial charge in [0.1, 0.15) is 60.4 Å². The lowest BCUT2D eigenvalue weighted by molar-refractivity contribution is -0.157. The number of likely N-dealkylation sites (N-methyl/N-ethyl adjacent to an activating group) is 7. The van der Waals surface area contributed by atoms with Crippen LogP contribution in [0.25, 0.3) is 0 Å². The average molecular weight is 1220 g/mol. The van der Waals surface area contributed by atoms with E-state index in [2.05, 4.69) is 21.3 Å². The minimum absolute atomic E-state index is 0.0237. The zero-order chi connectivity index (χ0) is 66.7. The Morgan fingerprint density at radius 1 is 0.477 bits per heavy atom. The van der Waals surface area contributed by atoms with E-state index in [1.807, 2.05) is 68.4 Å². The molecule has 86 heavy (non-hydrogen) atoms. The van der Waals surface area contributed by atoms with E-state index < -0.39 is 156 Å². The maximum absolute atomic E-state index is 15.3. The Balaban J connectivity index is 4.36. The van der Waals surface area contributed by atoms with Crippen LogP contribution in [0.5, 0.6) is 0 Å². The van der Waals surface area contributed by atoms with Crippen LogP contribution in [0.2, 0.25) is 0 Å². The highest BCUT2D eigenvalue weighted by Crippen LogP contribution is 2.26. The van der Waals surface area contributed by atoms with Crippen molar-refractivity contribution in [2.24, 2.45) is 41.4 Å². The van der Waals surface area contributed by atoms with E-state index in [9.17, 15) is 43.5 Å². The minimum Gasteiger partial charge on any atom is -0.390 e. The molecule has 0 aromatic rings. The molecule has 23 heteroatoms. The molecule has 0 radical (unpaired) electrons. The molecular weight excluding hydrogens is 1100 g/mol. The van der Waals surface area contributed by atoms with E-state index in [1.165, 1.54) is 87.7 Å². The van der Waals surface area contributed by atoms with Crippen molar-refractivity contribution in [2.45, 2.75) is 229 Å². The standard InChI is InChI=1S/C63H113N11O12/c1-25-28-29-41(15)53(76)52-57(80)66-44(27-3)59(82)68(18)34-49(75)69(19)45(30-35(4)5)56(79)67-50(39(12)13)62(85)70(20)46(31-36(6)7)55(78)64-42(16)54(77)65-43(17)58(81)71(21)47(32-37(8)9)60(83)72(22)48(33-38(10)11)61(84)73(23)51(40(14)26-2)63(86)74(52)24/h25,28,35-48,50-53,76H,26-27,29-34H2,1-24H3,(H,64,78)(H,65,77)(H,66,80)(H,67,79)/b28-25+/t40-,41+,42-,43+,44-,45+,46+,47-,48-,50+,51-,52-,53+/m0/s1. The average Bonchev–Trinajstić information content (AvgIpc) is 1.14. The Labute approximate surface area is 515 Å². The van der Waals surface area contributed by atoms with Gasteiger partial charge in [0.15, 0.2) is 0 Å². The fraction of sp³-hybridized carbons (Fsp3) is 0.794. The van der Waals surface area contributed by atoms with E-state index in [0.29, 0.717) is 12.8 Å². The first-order valence-corrected chi connectivity index (χ1v) is 31.1. The molecule has 0 spiro atoms. The molecule has 11 amide bonds. The van der Waals surface area contributed by atoms with Crippen molar-refractivity contribution in [3.8, 4) is 0 Å². The normalized spacial score (nSPS) is 27.0. The fourth-order valence-electron chi connectivity index (χ4n) is 10.8. The summed E-state index contributed by atoms with van der Waals surface area (Å²) in [6, 6.07) is -12.3. The summed E-state index contributed by atoms with van der Waals surface area (Å²) < 4.78 is 0. The molecule has 1 aliphatic heterocycles. The van der Waals surface area contributed by atoms with Gasteiger partial charge in [0.25, 0.3) is 0 Å². The summed E-state index contributed by atoms with van der Waals surface area (Å²) in [7, 11) is 9.97. The van der Waals surface area contributed by atoms with Crippen LogP contribution in [0, 0.1) is 41.4 Å². The van der Waals surface area contributed by atoms with Gasteiger partial charge in [0.05, 0.1) is 12.6 Å². The summed E-state index contributed by atoms with van der Waals surface area (Å²) in [5, 5.41) is 23.1. The highest BCUT2D eigenvalue weighted by molar-refractivity contribution is 5.99. The van der Waals surface area contributed by atoms with E-state index in [1.54, 1.807) is 47.6 Å². The Bertz CT molecular complexity index is 2350. The number of carbonyl (C=O) groups is 11. The van der Waals surface area contributed by atoms with Crippen LogP contribution in [-0.4, -0.2) is 227 Å². The molecule has 0 aliphatic carbocycles.